The summed E-state index contributed by atoms with van der Waals surface area (Å²) in [4.78, 5) is 3.47. The zero-order valence-corrected chi connectivity index (χ0v) is 16.4. The van der Waals surface area contributed by atoms with E-state index in [1.165, 1.54) is 26.4 Å². The third-order valence-corrected chi connectivity index (χ3v) is 7.35. The summed E-state index contributed by atoms with van der Waals surface area (Å²) in [5.74, 6) is 0.513. The van der Waals surface area contributed by atoms with E-state index in [4.69, 9.17) is 0 Å². The Morgan fingerprint density at radius 2 is 1.00 bits per heavy atom. The van der Waals surface area contributed by atoms with E-state index >= 15 is 0 Å². The van der Waals surface area contributed by atoms with Crippen LogP contribution in [0.4, 0.5) is 0 Å². The van der Waals surface area contributed by atoms with E-state index in [0.29, 0.717) is 0 Å². The van der Waals surface area contributed by atoms with Crippen molar-refractivity contribution in [3.05, 3.63) is 103 Å². The zero-order valence-electron chi connectivity index (χ0n) is 15.6. The maximum Gasteiger partial charge on any atom is 0.174 e. The lowest BCUT2D eigenvalue weighted by atomic mass is 10.0. The van der Waals surface area contributed by atoms with E-state index in [-0.39, 0.29) is 22.4 Å². The van der Waals surface area contributed by atoms with E-state index in [9.17, 15) is 10.2 Å². The van der Waals surface area contributed by atoms with Crippen LogP contribution in [0.25, 0.3) is 21.5 Å². The smallest absolute Gasteiger partial charge is 0.174 e. The van der Waals surface area contributed by atoms with Gasteiger partial charge in [-0.25, -0.2) is 0 Å². The van der Waals surface area contributed by atoms with Crippen molar-refractivity contribution in [2.24, 2.45) is 0 Å². The van der Waals surface area contributed by atoms with Gasteiger partial charge in [-0.15, -0.1) is 0 Å². The van der Waals surface area contributed by atoms with E-state index in [2.05, 4.69) is 54.6 Å². The first-order valence-corrected chi connectivity index (χ1v) is 10.7. The summed E-state index contributed by atoms with van der Waals surface area (Å²) in [5.41, 5.74) is 0. The van der Waals surface area contributed by atoms with Crippen LogP contribution in [-0.4, -0.2) is 10.2 Å². The molecule has 5 rings (SSSR count). The third kappa shape index (κ3) is 3.30. The normalized spacial score (nSPS) is 11.3. The summed E-state index contributed by atoms with van der Waals surface area (Å²) in [6.45, 7) is 0. The van der Waals surface area contributed by atoms with Gasteiger partial charge in [-0.1, -0.05) is 36.4 Å². The van der Waals surface area contributed by atoms with Crippen molar-refractivity contribution in [2.45, 2.75) is 14.7 Å². The Hall–Kier alpha value is -3.43. The maximum atomic E-state index is 9.78. The minimum atomic E-state index is -0.371. The second-order valence-electron chi connectivity index (χ2n) is 6.97. The Bertz CT molecular complexity index is 1260. The quantitative estimate of drug-likeness (QED) is 0.270. The predicted octanol–water partition coefficient (Wildman–Crippen LogP) is 6.50. The fourth-order valence-electron chi connectivity index (χ4n) is 3.67. The minimum absolute atomic E-state index is 0.256. The Balaban J connectivity index is 1.79. The molecule has 140 valence electrons. The Morgan fingerprint density at radius 3 is 1.59 bits per heavy atom. The van der Waals surface area contributed by atoms with Gasteiger partial charge in [0.25, 0.3) is 0 Å². The number of hydrogen-bond donors (Lipinski definition) is 2. The number of aromatic hydroxyl groups is 2. The van der Waals surface area contributed by atoms with Gasteiger partial charge in [0.1, 0.15) is 11.5 Å². The largest absolute Gasteiger partial charge is 0.508 e. The minimum Gasteiger partial charge on any atom is -0.508 e. The number of phenols is 2. The van der Waals surface area contributed by atoms with Crippen molar-refractivity contribution in [3.63, 3.8) is 0 Å². The number of phenolic OH excluding ortho intramolecular Hbond substituents is 2. The van der Waals surface area contributed by atoms with Crippen LogP contribution >= 0.6 is 0 Å². The fraction of sp³-hybridized carbons (Fsp3) is 0. The Labute approximate surface area is 172 Å². The maximum absolute atomic E-state index is 9.78. The van der Waals surface area contributed by atoms with E-state index in [1.54, 1.807) is 24.3 Å². The van der Waals surface area contributed by atoms with Crippen LogP contribution in [0.15, 0.2) is 118 Å². The van der Waals surface area contributed by atoms with Gasteiger partial charge in [0.05, 0.1) is 10.9 Å². The second kappa shape index (κ2) is 7.19. The van der Waals surface area contributed by atoms with Crippen LogP contribution in [-0.2, 0) is 10.9 Å². The van der Waals surface area contributed by atoms with Crippen LogP contribution in [0.2, 0.25) is 0 Å². The Morgan fingerprint density at radius 1 is 0.483 bits per heavy atom. The van der Waals surface area contributed by atoms with Crippen LogP contribution in [0.5, 0.6) is 11.5 Å². The van der Waals surface area contributed by atoms with E-state index in [0.717, 1.165) is 9.79 Å². The highest BCUT2D eigenvalue weighted by Crippen LogP contribution is 2.37. The molecule has 0 aliphatic carbocycles. The predicted molar refractivity (Wildman–Crippen MR) is 120 cm³/mol. The molecule has 2 N–H and O–H groups in total. The Kier molecular flexibility index (Phi) is 4.38. The van der Waals surface area contributed by atoms with Gasteiger partial charge in [0.15, 0.2) is 14.7 Å². The van der Waals surface area contributed by atoms with E-state index < -0.39 is 0 Å². The third-order valence-electron chi connectivity index (χ3n) is 5.07. The van der Waals surface area contributed by atoms with Gasteiger partial charge in [-0.3, -0.25) is 0 Å². The fourth-order valence-corrected chi connectivity index (χ4v) is 5.88. The standard InChI is InChI=1S/C26H18O2S/c27-21-8-12-23(13-9-21)29(24-14-10-22(28)11-15-24)26-7-3-6-20-16-18-4-1-2-5-19(18)17-25(20)26/h1-17H,(H-,27,28)/p+1. The molecule has 0 aliphatic rings. The molecule has 0 spiro atoms. The van der Waals surface area contributed by atoms with Crippen molar-refractivity contribution < 1.29 is 10.2 Å². The zero-order chi connectivity index (χ0) is 19.8. The van der Waals surface area contributed by atoms with Crippen LogP contribution in [0.3, 0.4) is 0 Å². The van der Waals surface area contributed by atoms with Gasteiger partial charge >= 0.3 is 0 Å². The van der Waals surface area contributed by atoms with Crippen LogP contribution in [0, 0.1) is 0 Å². The van der Waals surface area contributed by atoms with Gasteiger partial charge in [0.2, 0.25) is 0 Å². The highest BCUT2D eigenvalue weighted by atomic mass is 32.2. The number of benzene rings is 5. The summed E-state index contributed by atoms with van der Waals surface area (Å²) in [6.07, 6.45) is 0. The van der Waals surface area contributed by atoms with Gasteiger partial charge < -0.3 is 10.2 Å². The molecule has 0 saturated heterocycles. The van der Waals surface area contributed by atoms with Gasteiger partial charge in [-0.2, -0.15) is 0 Å². The number of hydrogen-bond acceptors (Lipinski definition) is 2. The second-order valence-corrected chi connectivity index (χ2v) is 8.97. The molecule has 0 bridgehead atoms. The molecule has 0 heterocycles. The molecule has 0 unspecified atom stereocenters. The topological polar surface area (TPSA) is 40.5 Å². The lowest BCUT2D eigenvalue weighted by Crippen LogP contribution is -2.05. The lowest BCUT2D eigenvalue weighted by Gasteiger charge is -2.11. The average molecular weight is 396 g/mol. The molecular formula is C26H19O2S+. The highest BCUT2D eigenvalue weighted by Gasteiger charge is 2.30. The lowest BCUT2D eigenvalue weighted by molar-refractivity contribution is 0.474. The number of rotatable bonds is 3. The molecule has 0 aromatic heterocycles. The van der Waals surface area contributed by atoms with Crippen molar-refractivity contribution in [3.8, 4) is 11.5 Å². The molecular weight excluding hydrogens is 376 g/mol. The SMILES string of the molecule is Oc1ccc([S+](c2ccc(O)cc2)c2cccc3cc4ccccc4cc23)cc1. The summed E-state index contributed by atoms with van der Waals surface area (Å²) in [5, 5.41) is 24.4. The average Bonchev–Trinajstić information content (AvgIpc) is 2.75. The molecule has 0 radical (unpaired) electrons. The van der Waals surface area contributed by atoms with Crippen molar-refractivity contribution in [1.29, 1.82) is 0 Å². The molecule has 0 amide bonds. The summed E-state index contributed by atoms with van der Waals surface area (Å²) in [7, 11) is -0.371. The van der Waals surface area contributed by atoms with Crippen LogP contribution < -0.4 is 0 Å². The van der Waals surface area contributed by atoms with Gasteiger partial charge in [0, 0.05) is 5.39 Å². The molecule has 5 aromatic carbocycles. The van der Waals surface area contributed by atoms with Crippen molar-refractivity contribution in [1.82, 2.24) is 0 Å². The highest BCUT2D eigenvalue weighted by molar-refractivity contribution is 7.97. The van der Waals surface area contributed by atoms with Crippen molar-refractivity contribution in [2.75, 3.05) is 0 Å². The van der Waals surface area contributed by atoms with E-state index in [1.807, 2.05) is 24.3 Å². The first-order valence-electron chi connectivity index (χ1n) is 9.43. The van der Waals surface area contributed by atoms with Crippen LogP contribution in [0.1, 0.15) is 0 Å². The molecule has 0 atom stereocenters. The molecule has 29 heavy (non-hydrogen) atoms. The molecule has 0 fully saturated rings. The molecule has 2 nitrogen and oxygen atoms in total. The molecule has 0 saturated carbocycles. The molecule has 0 aliphatic heterocycles. The first kappa shape index (κ1) is 17.7. The molecule has 5 aromatic rings. The first-order chi connectivity index (χ1) is 14.2. The monoisotopic (exact) mass is 395 g/mol. The summed E-state index contributed by atoms with van der Waals surface area (Å²) < 4.78 is 0. The molecule has 3 heteroatoms. The number of fused-ring (bicyclic) bond motifs is 2. The summed E-state index contributed by atoms with van der Waals surface area (Å²) in [6, 6.07) is 34.2. The summed E-state index contributed by atoms with van der Waals surface area (Å²) >= 11 is 0. The van der Waals surface area contributed by atoms with Crippen molar-refractivity contribution >= 4 is 32.4 Å². The van der Waals surface area contributed by atoms with Gasteiger partial charge in [-0.05, 0) is 82.9 Å².